The quantitative estimate of drug-likeness (QED) is 0.208. The van der Waals surface area contributed by atoms with Crippen molar-refractivity contribution in [2.24, 2.45) is 0 Å². The van der Waals surface area contributed by atoms with Gasteiger partial charge in [0.25, 0.3) is 0 Å². The highest BCUT2D eigenvalue weighted by atomic mass is 15.0. The van der Waals surface area contributed by atoms with E-state index in [1.165, 1.54) is 61.5 Å². The molecule has 0 bridgehead atoms. The molecule has 0 saturated carbocycles. The molecular formula is C38H30N+. The minimum Gasteiger partial charge on any atom is -0.187 e. The van der Waals surface area contributed by atoms with Crippen molar-refractivity contribution in [3.8, 4) is 44.8 Å². The van der Waals surface area contributed by atoms with Crippen LogP contribution in [-0.4, -0.2) is 0 Å². The van der Waals surface area contributed by atoms with E-state index in [2.05, 4.69) is 150 Å². The molecule has 186 valence electrons. The molecule has 0 N–H and O–H groups in total. The Morgan fingerprint density at radius 3 is 1.62 bits per heavy atom. The van der Waals surface area contributed by atoms with Gasteiger partial charge in [-0.05, 0) is 70.5 Å². The van der Waals surface area contributed by atoms with Crippen LogP contribution in [-0.2, 0) is 19.4 Å². The number of hydrogen-bond acceptors (Lipinski definition) is 0. The van der Waals surface area contributed by atoms with Gasteiger partial charge in [0.05, 0.1) is 0 Å². The van der Waals surface area contributed by atoms with Gasteiger partial charge in [-0.1, -0.05) is 109 Å². The third-order valence-corrected chi connectivity index (χ3v) is 7.97. The lowest BCUT2D eigenvalue weighted by atomic mass is 9.83. The maximum Gasteiger partial charge on any atom is 0.213 e. The number of nitrogens with zero attached hydrogens (tertiary/aromatic N) is 1. The number of fused-ring (bicyclic) bond motifs is 3. The fourth-order valence-corrected chi connectivity index (χ4v) is 6.05. The lowest BCUT2D eigenvalue weighted by Gasteiger charge is -2.22. The topological polar surface area (TPSA) is 3.88 Å². The maximum absolute atomic E-state index is 2.52. The van der Waals surface area contributed by atoms with E-state index in [1.807, 2.05) is 0 Å². The van der Waals surface area contributed by atoms with Crippen molar-refractivity contribution in [1.82, 2.24) is 0 Å². The molecule has 1 aliphatic carbocycles. The summed E-state index contributed by atoms with van der Waals surface area (Å²) in [4.78, 5) is 0. The Morgan fingerprint density at radius 2 is 0.974 bits per heavy atom. The maximum atomic E-state index is 2.52. The molecule has 0 spiro atoms. The molecule has 5 aromatic carbocycles. The summed E-state index contributed by atoms with van der Waals surface area (Å²) in [5.74, 6) is 0. The fourth-order valence-electron chi connectivity index (χ4n) is 6.05. The predicted molar refractivity (Wildman–Crippen MR) is 161 cm³/mol. The Hall–Kier alpha value is -4.75. The molecule has 0 unspecified atom stereocenters. The van der Waals surface area contributed by atoms with Crippen LogP contribution in [0.25, 0.3) is 44.8 Å². The first-order valence-electron chi connectivity index (χ1n) is 13.8. The van der Waals surface area contributed by atoms with Crippen molar-refractivity contribution in [2.45, 2.75) is 19.4 Å². The molecule has 0 aliphatic heterocycles. The van der Waals surface area contributed by atoms with E-state index >= 15 is 0 Å². The highest BCUT2D eigenvalue weighted by Gasteiger charge is 2.26. The van der Waals surface area contributed by atoms with Gasteiger partial charge in [0.15, 0.2) is 6.54 Å². The molecule has 0 atom stereocenters. The molecule has 1 heteroatoms. The van der Waals surface area contributed by atoms with E-state index in [-0.39, 0.29) is 0 Å². The largest absolute Gasteiger partial charge is 0.213 e. The predicted octanol–water partition coefficient (Wildman–Crippen LogP) is 8.79. The molecule has 7 rings (SSSR count). The van der Waals surface area contributed by atoms with Crippen LogP contribution in [0.5, 0.6) is 0 Å². The molecule has 1 nitrogen and oxygen atoms in total. The summed E-state index contributed by atoms with van der Waals surface area (Å²) in [5.41, 5.74) is 14.5. The molecule has 0 radical (unpaired) electrons. The van der Waals surface area contributed by atoms with Gasteiger partial charge < -0.3 is 0 Å². The number of hydrogen-bond donors (Lipinski definition) is 0. The Balaban J connectivity index is 1.46. The highest BCUT2D eigenvalue weighted by molar-refractivity contribution is 5.75. The molecule has 0 amide bonds. The molecule has 1 aromatic heterocycles. The van der Waals surface area contributed by atoms with Crippen LogP contribution in [0, 0.1) is 0 Å². The minimum absolute atomic E-state index is 0.814. The van der Waals surface area contributed by atoms with Gasteiger partial charge in [0.2, 0.25) is 11.4 Å². The second-order valence-electron chi connectivity index (χ2n) is 10.3. The summed E-state index contributed by atoms with van der Waals surface area (Å²) >= 11 is 0. The monoisotopic (exact) mass is 500 g/mol. The van der Waals surface area contributed by atoms with Gasteiger partial charge in [0.1, 0.15) is 0 Å². The summed E-state index contributed by atoms with van der Waals surface area (Å²) in [5, 5.41) is 0. The van der Waals surface area contributed by atoms with Gasteiger partial charge in [-0.15, -0.1) is 0 Å². The first-order chi connectivity index (χ1) is 19.3. The van der Waals surface area contributed by atoms with E-state index in [0.29, 0.717) is 0 Å². The van der Waals surface area contributed by atoms with Crippen LogP contribution >= 0.6 is 0 Å². The van der Waals surface area contributed by atoms with E-state index in [0.717, 1.165) is 19.4 Å². The Morgan fingerprint density at radius 1 is 0.436 bits per heavy atom. The molecule has 39 heavy (non-hydrogen) atoms. The molecule has 0 saturated heterocycles. The first-order valence-corrected chi connectivity index (χ1v) is 13.8. The van der Waals surface area contributed by atoms with Crippen LogP contribution < -0.4 is 4.57 Å². The van der Waals surface area contributed by atoms with Gasteiger partial charge in [-0.2, -0.15) is 4.57 Å². The number of aryl methyl sites for hydroxylation is 1. The summed E-state index contributed by atoms with van der Waals surface area (Å²) in [6.07, 6.45) is 2.17. The van der Waals surface area contributed by atoms with Crippen molar-refractivity contribution in [2.75, 3.05) is 0 Å². The van der Waals surface area contributed by atoms with Crippen LogP contribution in [0.1, 0.15) is 16.7 Å². The number of benzene rings is 5. The average molecular weight is 501 g/mol. The van der Waals surface area contributed by atoms with E-state index in [9.17, 15) is 0 Å². The van der Waals surface area contributed by atoms with Crippen LogP contribution in [0.4, 0.5) is 0 Å². The SMILES string of the molecule is c1ccc(-c2cc(-c3ccccc3)[n+](Cc3cccc4c3CCc3ccccc3-4)c(-c3ccccc3)c2)cc1. The lowest BCUT2D eigenvalue weighted by Crippen LogP contribution is -2.40. The number of pyridine rings is 1. The van der Waals surface area contributed by atoms with Crippen molar-refractivity contribution >= 4 is 0 Å². The standard InChI is InChI=1S/C38H30N/c1-4-13-28(14-5-1)33-25-37(30-16-6-2-7-17-30)39(38(26-33)31-18-8-3-9-19-31)27-32-20-12-22-36-34-21-11-10-15-29(34)23-24-35(32)36/h1-22,25-26H,23-24,27H2/q+1. The van der Waals surface area contributed by atoms with Crippen molar-refractivity contribution in [3.05, 3.63) is 162 Å². The Bertz CT molecular complexity index is 1690. The molecule has 1 aliphatic rings. The Labute approximate surface area is 230 Å². The number of aromatic nitrogens is 1. The van der Waals surface area contributed by atoms with E-state index in [1.54, 1.807) is 0 Å². The van der Waals surface area contributed by atoms with Crippen LogP contribution in [0.3, 0.4) is 0 Å². The van der Waals surface area contributed by atoms with Gasteiger partial charge >= 0.3 is 0 Å². The molecule has 0 fully saturated rings. The molecular weight excluding hydrogens is 470 g/mol. The van der Waals surface area contributed by atoms with Crippen molar-refractivity contribution in [3.63, 3.8) is 0 Å². The van der Waals surface area contributed by atoms with E-state index < -0.39 is 0 Å². The second-order valence-corrected chi connectivity index (χ2v) is 10.3. The summed E-state index contributed by atoms with van der Waals surface area (Å²) in [6, 6.07) is 52.9. The first kappa shape index (κ1) is 23.4. The van der Waals surface area contributed by atoms with E-state index in [4.69, 9.17) is 0 Å². The summed E-state index contributed by atoms with van der Waals surface area (Å²) in [6.45, 7) is 0.814. The lowest BCUT2D eigenvalue weighted by molar-refractivity contribution is -0.666. The van der Waals surface area contributed by atoms with Crippen molar-refractivity contribution in [1.29, 1.82) is 0 Å². The normalized spacial score (nSPS) is 12.0. The highest BCUT2D eigenvalue weighted by Crippen LogP contribution is 2.36. The minimum atomic E-state index is 0.814. The van der Waals surface area contributed by atoms with Gasteiger partial charge in [-0.25, -0.2) is 0 Å². The zero-order valence-corrected chi connectivity index (χ0v) is 21.9. The summed E-state index contributed by atoms with van der Waals surface area (Å²) in [7, 11) is 0. The van der Waals surface area contributed by atoms with Crippen LogP contribution in [0.15, 0.2) is 146 Å². The summed E-state index contributed by atoms with van der Waals surface area (Å²) < 4.78 is 2.52. The zero-order valence-electron chi connectivity index (χ0n) is 21.9. The van der Waals surface area contributed by atoms with Gasteiger partial charge in [-0.3, -0.25) is 0 Å². The van der Waals surface area contributed by atoms with Crippen LogP contribution in [0.2, 0.25) is 0 Å². The Kier molecular flexibility index (Phi) is 6.11. The molecule has 1 heterocycles. The second kappa shape index (κ2) is 10.2. The fraction of sp³-hybridized carbons (Fsp3) is 0.0789. The zero-order chi connectivity index (χ0) is 26.0. The average Bonchev–Trinajstić information content (AvgIpc) is 3.02. The smallest absolute Gasteiger partial charge is 0.187 e. The third-order valence-electron chi connectivity index (χ3n) is 7.97. The third kappa shape index (κ3) is 4.47. The molecule has 6 aromatic rings. The number of rotatable bonds is 5. The van der Waals surface area contributed by atoms with Crippen molar-refractivity contribution < 1.29 is 4.57 Å². The van der Waals surface area contributed by atoms with Gasteiger partial charge in [0, 0.05) is 28.8 Å².